The first kappa shape index (κ1) is 11.6. The lowest BCUT2D eigenvalue weighted by atomic mass is 10.2. The molecule has 1 rings (SSSR count). The first-order chi connectivity index (χ1) is 7.13. The molecule has 0 saturated heterocycles. The van der Waals surface area contributed by atoms with Crippen molar-refractivity contribution >= 4 is 17.3 Å². The van der Waals surface area contributed by atoms with Gasteiger partial charge in [0.25, 0.3) is 0 Å². The Morgan fingerprint density at radius 2 is 1.93 bits per heavy atom. The van der Waals surface area contributed by atoms with Crippen molar-refractivity contribution in [2.75, 3.05) is 14.2 Å². The molecule has 0 aliphatic rings. The topological polar surface area (TPSA) is 61.6 Å². The maximum atomic E-state index is 10.7. The Labute approximate surface area is 91.7 Å². The van der Waals surface area contributed by atoms with Gasteiger partial charge in [0, 0.05) is 17.7 Å². The van der Waals surface area contributed by atoms with Crippen LogP contribution in [-0.2, 0) is 5.88 Å². The van der Waals surface area contributed by atoms with Crippen LogP contribution in [0.4, 0.5) is 5.69 Å². The smallest absolute Gasteiger partial charge is 0.311 e. The molecule has 0 atom stereocenters. The highest BCUT2D eigenvalue weighted by atomic mass is 35.5. The minimum Gasteiger partial charge on any atom is -0.496 e. The third-order valence-electron chi connectivity index (χ3n) is 1.92. The van der Waals surface area contributed by atoms with Crippen LogP contribution >= 0.6 is 11.6 Å². The van der Waals surface area contributed by atoms with Gasteiger partial charge >= 0.3 is 5.69 Å². The Hall–Kier alpha value is -1.49. The third kappa shape index (κ3) is 2.30. The lowest BCUT2D eigenvalue weighted by Crippen LogP contribution is -1.97. The molecule has 5 nitrogen and oxygen atoms in total. The molecule has 0 aliphatic heterocycles. The highest BCUT2D eigenvalue weighted by Gasteiger charge is 2.18. The molecule has 0 radical (unpaired) electrons. The number of rotatable bonds is 4. The Kier molecular flexibility index (Phi) is 3.74. The predicted octanol–water partition coefficient (Wildman–Crippen LogP) is 2.35. The van der Waals surface area contributed by atoms with Gasteiger partial charge in [-0.05, 0) is 0 Å². The predicted molar refractivity (Wildman–Crippen MR) is 55.8 cm³/mol. The minimum atomic E-state index is -0.520. The molecular weight excluding hydrogens is 222 g/mol. The standard InChI is InChI=1S/C9H10ClNO4/c1-14-8-4-9(15-2)7(11(12)13)3-6(8)5-10/h3-4H,5H2,1-2H3. The molecule has 0 saturated carbocycles. The molecule has 0 aromatic heterocycles. The number of hydrogen-bond donors (Lipinski definition) is 0. The molecule has 82 valence electrons. The molecule has 0 amide bonds. The molecule has 0 bridgehead atoms. The molecule has 6 heteroatoms. The van der Waals surface area contributed by atoms with Gasteiger partial charge in [0.2, 0.25) is 5.75 Å². The molecule has 15 heavy (non-hydrogen) atoms. The average Bonchev–Trinajstić information content (AvgIpc) is 2.26. The summed E-state index contributed by atoms with van der Waals surface area (Å²) in [6.07, 6.45) is 0. The first-order valence-electron chi connectivity index (χ1n) is 4.09. The van der Waals surface area contributed by atoms with E-state index >= 15 is 0 Å². The summed E-state index contributed by atoms with van der Waals surface area (Å²) in [5.74, 6) is 0.784. The summed E-state index contributed by atoms with van der Waals surface area (Å²) in [6, 6.07) is 2.81. The van der Waals surface area contributed by atoms with Gasteiger partial charge < -0.3 is 9.47 Å². The maximum absolute atomic E-state index is 10.7. The van der Waals surface area contributed by atoms with Crippen molar-refractivity contribution in [2.45, 2.75) is 5.88 Å². The van der Waals surface area contributed by atoms with Crippen molar-refractivity contribution in [3.63, 3.8) is 0 Å². The number of halogens is 1. The van der Waals surface area contributed by atoms with Crippen LogP contribution < -0.4 is 9.47 Å². The van der Waals surface area contributed by atoms with Crippen LogP contribution in [-0.4, -0.2) is 19.1 Å². The van der Waals surface area contributed by atoms with Crippen LogP contribution in [0.15, 0.2) is 12.1 Å². The summed E-state index contributed by atoms with van der Waals surface area (Å²) in [4.78, 5) is 10.2. The number of nitro groups is 1. The molecule has 0 aliphatic carbocycles. The molecule has 1 aromatic rings. The highest BCUT2D eigenvalue weighted by molar-refractivity contribution is 6.17. The van der Waals surface area contributed by atoms with Gasteiger partial charge in [-0.3, -0.25) is 10.1 Å². The normalized spacial score (nSPS) is 9.80. The Bertz CT molecular complexity index is 381. The fraction of sp³-hybridized carbons (Fsp3) is 0.333. The lowest BCUT2D eigenvalue weighted by Gasteiger charge is -2.08. The molecule has 0 N–H and O–H groups in total. The molecular formula is C9H10ClNO4. The number of alkyl halides is 1. The second-order valence-electron chi connectivity index (χ2n) is 2.73. The summed E-state index contributed by atoms with van der Waals surface area (Å²) >= 11 is 5.64. The van der Waals surface area contributed by atoms with Crippen molar-refractivity contribution in [3.05, 3.63) is 27.8 Å². The zero-order valence-corrected chi connectivity index (χ0v) is 9.08. The third-order valence-corrected chi connectivity index (χ3v) is 2.21. The summed E-state index contributed by atoms with van der Waals surface area (Å²) < 4.78 is 9.91. The van der Waals surface area contributed by atoms with Crippen LogP contribution in [0.25, 0.3) is 0 Å². The number of nitrogens with zero attached hydrogens (tertiary/aromatic N) is 1. The number of ether oxygens (including phenoxy) is 2. The van der Waals surface area contributed by atoms with E-state index in [1.54, 1.807) is 0 Å². The van der Waals surface area contributed by atoms with Crippen molar-refractivity contribution in [2.24, 2.45) is 0 Å². The summed E-state index contributed by atoms with van der Waals surface area (Å²) in [7, 11) is 2.83. The van der Waals surface area contributed by atoms with Crippen LogP contribution in [0, 0.1) is 10.1 Å². The fourth-order valence-electron chi connectivity index (χ4n) is 1.19. The molecule has 0 fully saturated rings. The van der Waals surface area contributed by atoms with Crippen molar-refractivity contribution < 1.29 is 14.4 Å². The number of benzene rings is 1. The Morgan fingerprint density at radius 1 is 1.33 bits per heavy atom. The molecule has 0 spiro atoms. The average molecular weight is 232 g/mol. The Morgan fingerprint density at radius 3 is 2.33 bits per heavy atom. The van der Waals surface area contributed by atoms with Gasteiger partial charge in [-0.15, -0.1) is 11.6 Å². The van der Waals surface area contributed by atoms with E-state index in [1.807, 2.05) is 0 Å². The van der Waals surface area contributed by atoms with Crippen molar-refractivity contribution in [1.29, 1.82) is 0 Å². The highest BCUT2D eigenvalue weighted by Crippen LogP contribution is 2.34. The van der Waals surface area contributed by atoms with Crippen LogP contribution in [0.3, 0.4) is 0 Å². The first-order valence-corrected chi connectivity index (χ1v) is 4.62. The molecule has 0 unspecified atom stereocenters. The zero-order valence-electron chi connectivity index (χ0n) is 8.32. The maximum Gasteiger partial charge on any atom is 0.311 e. The fourth-order valence-corrected chi connectivity index (χ4v) is 1.40. The van der Waals surface area contributed by atoms with Gasteiger partial charge in [-0.2, -0.15) is 0 Å². The van der Waals surface area contributed by atoms with Crippen LogP contribution in [0.2, 0.25) is 0 Å². The summed E-state index contributed by atoms with van der Waals surface area (Å²) in [6.45, 7) is 0. The zero-order chi connectivity index (χ0) is 11.4. The van der Waals surface area contributed by atoms with Crippen LogP contribution in [0.1, 0.15) is 5.56 Å². The van der Waals surface area contributed by atoms with Crippen LogP contribution in [0.5, 0.6) is 11.5 Å². The molecule has 0 heterocycles. The Balaban J connectivity index is 3.34. The van der Waals surface area contributed by atoms with E-state index < -0.39 is 4.92 Å². The largest absolute Gasteiger partial charge is 0.496 e. The lowest BCUT2D eigenvalue weighted by molar-refractivity contribution is -0.385. The number of nitro benzene ring substituents is 1. The summed E-state index contributed by atoms with van der Waals surface area (Å²) in [5, 5.41) is 10.7. The van der Waals surface area contributed by atoms with Crippen molar-refractivity contribution in [3.8, 4) is 11.5 Å². The van der Waals surface area contributed by atoms with E-state index in [1.165, 1.54) is 26.4 Å². The van der Waals surface area contributed by atoms with E-state index in [2.05, 4.69) is 0 Å². The van der Waals surface area contributed by atoms with E-state index in [0.717, 1.165) is 0 Å². The van der Waals surface area contributed by atoms with Gasteiger partial charge in [-0.1, -0.05) is 0 Å². The second-order valence-corrected chi connectivity index (χ2v) is 2.99. The SMILES string of the molecule is COc1cc(OC)c([N+](=O)[O-])cc1CCl. The number of hydrogen-bond acceptors (Lipinski definition) is 4. The van der Waals surface area contributed by atoms with Gasteiger partial charge in [0.15, 0.2) is 0 Å². The minimum absolute atomic E-state index is 0.117. The number of methoxy groups -OCH3 is 2. The summed E-state index contributed by atoms with van der Waals surface area (Å²) in [5.41, 5.74) is 0.445. The van der Waals surface area contributed by atoms with E-state index in [0.29, 0.717) is 11.3 Å². The quantitative estimate of drug-likeness (QED) is 0.453. The monoisotopic (exact) mass is 231 g/mol. The van der Waals surface area contributed by atoms with E-state index in [4.69, 9.17) is 21.1 Å². The van der Waals surface area contributed by atoms with Gasteiger partial charge in [-0.25, -0.2) is 0 Å². The second kappa shape index (κ2) is 4.84. The van der Waals surface area contributed by atoms with Crippen molar-refractivity contribution in [1.82, 2.24) is 0 Å². The van der Waals surface area contributed by atoms with E-state index in [-0.39, 0.29) is 17.3 Å². The molecule has 1 aromatic carbocycles. The van der Waals surface area contributed by atoms with Gasteiger partial charge in [0.1, 0.15) is 5.75 Å². The van der Waals surface area contributed by atoms with Gasteiger partial charge in [0.05, 0.1) is 25.0 Å². The van der Waals surface area contributed by atoms with E-state index in [9.17, 15) is 10.1 Å².